The van der Waals surface area contributed by atoms with Crippen LogP contribution in [0.5, 0.6) is 5.75 Å². The van der Waals surface area contributed by atoms with Crippen molar-refractivity contribution >= 4 is 5.91 Å². The Balaban J connectivity index is 1.33. The van der Waals surface area contributed by atoms with Gasteiger partial charge in [-0.15, -0.1) is 0 Å². The largest absolute Gasteiger partial charge is 0.492 e. The number of hydrogen-bond acceptors (Lipinski definition) is 6. The van der Waals surface area contributed by atoms with Gasteiger partial charge in [0.2, 0.25) is 5.91 Å². The van der Waals surface area contributed by atoms with Crippen molar-refractivity contribution in [3.63, 3.8) is 0 Å². The van der Waals surface area contributed by atoms with E-state index < -0.39 is 0 Å². The van der Waals surface area contributed by atoms with Crippen molar-refractivity contribution in [2.45, 2.75) is 38.3 Å². The molecule has 172 valence electrons. The van der Waals surface area contributed by atoms with Gasteiger partial charge < -0.3 is 15.0 Å². The summed E-state index contributed by atoms with van der Waals surface area (Å²) in [5.41, 5.74) is 1.22. The van der Waals surface area contributed by atoms with Crippen molar-refractivity contribution in [1.29, 1.82) is 0 Å². The number of nitrogens with zero attached hydrogens (tertiary/aromatic N) is 4. The molecule has 32 heavy (non-hydrogen) atoms. The van der Waals surface area contributed by atoms with Crippen LogP contribution in [0.1, 0.15) is 31.2 Å². The van der Waals surface area contributed by atoms with Crippen LogP contribution in [0.25, 0.3) is 0 Å². The molecule has 2 aromatic heterocycles. The molecule has 2 fully saturated rings. The van der Waals surface area contributed by atoms with Crippen LogP contribution in [0.15, 0.2) is 49.1 Å². The SMILES string of the molecule is CN1CCC[C@H]1CCNC(=O)[C@@H]1C[C@H](COc2cccnc2)CN(Cc2ccncc2)C1. The van der Waals surface area contributed by atoms with E-state index in [2.05, 4.69) is 32.1 Å². The monoisotopic (exact) mass is 437 g/mol. The molecule has 0 bridgehead atoms. The standard InChI is InChI=1S/C25H35N5O2/c1-29-13-3-4-23(29)8-12-28-25(31)22-14-21(19-32-24-5-2-9-27-15-24)17-30(18-22)16-20-6-10-26-11-7-20/h2,5-7,9-11,15,21-23H,3-4,8,12-14,16-19H2,1H3,(H,28,31)/t21-,22+,23-/m0/s1. The summed E-state index contributed by atoms with van der Waals surface area (Å²) in [6.07, 6.45) is 11.5. The summed E-state index contributed by atoms with van der Waals surface area (Å²) in [6, 6.07) is 8.50. The number of nitrogens with one attached hydrogen (secondary N) is 1. The molecule has 4 heterocycles. The average Bonchev–Trinajstić information content (AvgIpc) is 3.23. The van der Waals surface area contributed by atoms with Gasteiger partial charge in [0.05, 0.1) is 18.7 Å². The molecule has 0 aliphatic carbocycles. The number of carbonyl (C=O) groups is 1. The molecule has 1 N–H and O–H groups in total. The zero-order valence-electron chi connectivity index (χ0n) is 19.0. The number of ether oxygens (including phenoxy) is 1. The summed E-state index contributed by atoms with van der Waals surface area (Å²) in [4.78, 5) is 26.1. The van der Waals surface area contributed by atoms with Crippen LogP contribution >= 0.6 is 0 Å². The van der Waals surface area contributed by atoms with E-state index in [0.29, 0.717) is 18.6 Å². The maximum Gasteiger partial charge on any atom is 0.224 e. The van der Waals surface area contributed by atoms with Gasteiger partial charge in [0.15, 0.2) is 0 Å². The van der Waals surface area contributed by atoms with E-state index in [1.807, 2.05) is 36.7 Å². The fourth-order valence-electron chi connectivity index (χ4n) is 4.99. The van der Waals surface area contributed by atoms with E-state index in [4.69, 9.17) is 4.74 Å². The van der Waals surface area contributed by atoms with Crippen LogP contribution in [0.4, 0.5) is 0 Å². The molecular formula is C25H35N5O2. The van der Waals surface area contributed by atoms with E-state index in [1.165, 1.54) is 24.9 Å². The van der Waals surface area contributed by atoms with Gasteiger partial charge in [-0.1, -0.05) is 0 Å². The average molecular weight is 438 g/mol. The van der Waals surface area contributed by atoms with Gasteiger partial charge in [0, 0.05) is 56.7 Å². The lowest BCUT2D eigenvalue weighted by Gasteiger charge is -2.37. The molecule has 0 saturated carbocycles. The van der Waals surface area contributed by atoms with Gasteiger partial charge in [-0.05, 0) is 69.1 Å². The third kappa shape index (κ3) is 6.50. The highest BCUT2D eigenvalue weighted by atomic mass is 16.5. The lowest BCUT2D eigenvalue weighted by molar-refractivity contribution is -0.127. The first kappa shape index (κ1) is 22.7. The lowest BCUT2D eigenvalue weighted by Crippen LogP contribution is -2.47. The number of rotatable bonds is 9. The van der Waals surface area contributed by atoms with Crippen LogP contribution in [0, 0.1) is 11.8 Å². The van der Waals surface area contributed by atoms with E-state index in [-0.39, 0.29) is 11.8 Å². The maximum atomic E-state index is 13.1. The topological polar surface area (TPSA) is 70.6 Å². The highest BCUT2D eigenvalue weighted by Gasteiger charge is 2.32. The molecule has 1 amide bonds. The van der Waals surface area contributed by atoms with Crippen LogP contribution < -0.4 is 10.1 Å². The summed E-state index contributed by atoms with van der Waals surface area (Å²) < 4.78 is 6.00. The smallest absolute Gasteiger partial charge is 0.224 e. The molecule has 7 nitrogen and oxygen atoms in total. The Hall–Kier alpha value is -2.51. The Labute approximate surface area is 191 Å². The summed E-state index contributed by atoms with van der Waals surface area (Å²) >= 11 is 0. The molecule has 2 saturated heterocycles. The number of likely N-dealkylation sites (tertiary alicyclic amines) is 2. The summed E-state index contributed by atoms with van der Waals surface area (Å²) in [5.74, 6) is 1.23. The van der Waals surface area contributed by atoms with Crippen LogP contribution in [-0.2, 0) is 11.3 Å². The van der Waals surface area contributed by atoms with Gasteiger partial charge in [0.1, 0.15) is 5.75 Å². The van der Waals surface area contributed by atoms with Crippen molar-refractivity contribution in [3.05, 3.63) is 54.6 Å². The van der Waals surface area contributed by atoms with Crippen LogP contribution in [-0.4, -0.2) is 71.6 Å². The normalized spacial score (nSPS) is 24.3. The molecule has 2 aliphatic rings. The van der Waals surface area contributed by atoms with Crippen molar-refractivity contribution in [2.75, 3.05) is 39.8 Å². The Morgan fingerprint density at radius 2 is 2.06 bits per heavy atom. The zero-order chi connectivity index (χ0) is 22.2. The van der Waals surface area contributed by atoms with Crippen molar-refractivity contribution in [3.8, 4) is 5.75 Å². The fraction of sp³-hybridized carbons (Fsp3) is 0.560. The number of aromatic nitrogens is 2. The summed E-state index contributed by atoms with van der Waals surface area (Å²) in [5, 5.41) is 3.23. The predicted octanol–water partition coefficient (Wildman–Crippen LogP) is 2.59. The van der Waals surface area contributed by atoms with Gasteiger partial charge in [0.25, 0.3) is 0 Å². The number of piperidine rings is 1. The number of amides is 1. The molecule has 3 atom stereocenters. The Bertz CT molecular complexity index is 835. The second-order valence-corrected chi connectivity index (χ2v) is 9.20. The minimum atomic E-state index is -0.0191. The van der Waals surface area contributed by atoms with Gasteiger partial charge in [-0.3, -0.25) is 19.7 Å². The van der Waals surface area contributed by atoms with E-state index in [1.54, 1.807) is 12.4 Å². The summed E-state index contributed by atoms with van der Waals surface area (Å²) in [7, 11) is 2.18. The van der Waals surface area contributed by atoms with E-state index >= 15 is 0 Å². The first-order valence-electron chi connectivity index (χ1n) is 11.8. The second kappa shape index (κ2) is 11.4. The molecule has 0 aromatic carbocycles. The Morgan fingerprint density at radius 3 is 2.81 bits per heavy atom. The predicted molar refractivity (Wildman–Crippen MR) is 124 cm³/mol. The number of hydrogen-bond donors (Lipinski definition) is 1. The third-order valence-corrected chi connectivity index (χ3v) is 6.71. The van der Waals surface area contributed by atoms with Crippen LogP contribution in [0.2, 0.25) is 0 Å². The lowest BCUT2D eigenvalue weighted by atomic mass is 9.88. The first-order valence-corrected chi connectivity index (χ1v) is 11.8. The Morgan fingerprint density at radius 1 is 1.19 bits per heavy atom. The molecule has 4 rings (SSSR count). The second-order valence-electron chi connectivity index (χ2n) is 9.20. The minimum Gasteiger partial charge on any atom is -0.492 e. The number of pyridine rings is 2. The van der Waals surface area contributed by atoms with Crippen molar-refractivity contribution in [1.82, 2.24) is 25.1 Å². The van der Waals surface area contributed by atoms with E-state index in [9.17, 15) is 4.79 Å². The fourth-order valence-corrected chi connectivity index (χ4v) is 4.99. The zero-order valence-corrected chi connectivity index (χ0v) is 19.0. The highest BCUT2D eigenvalue weighted by Crippen LogP contribution is 2.25. The molecule has 2 aromatic rings. The molecular weight excluding hydrogens is 402 g/mol. The highest BCUT2D eigenvalue weighted by molar-refractivity contribution is 5.79. The van der Waals surface area contributed by atoms with Crippen molar-refractivity contribution < 1.29 is 9.53 Å². The minimum absolute atomic E-state index is 0.0191. The van der Waals surface area contributed by atoms with Gasteiger partial charge >= 0.3 is 0 Å². The first-order chi connectivity index (χ1) is 15.7. The van der Waals surface area contributed by atoms with Gasteiger partial charge in [-0.2, -0.15) is 0 Å². The molecule has 0 spiro atoms. The molecule has 0 unspecified atom stereocenters. The third-order valence-electron chi connectivity index (χ3n) is 6.71. The molecule has 7 heteroatoms. The number of carbonyl (C=O) groups excluding carboxylic acids is 1. The maximum absolute atomic E-state index is 13.1. The van der Waals surface area contributed by atoms with Crippen molar-refractivity contribution in [2.24, 2.45) is 11.8 Å². The molecule has 0 radical (unpaired) electrons. The quantitative estimate of drug-likeness (QED) is 0.650. The summed E-state index contributed by atoms with van der Waals surface area (Å²) in [6.45, 7) is 5.03. The van der Waals surface area contributed by atoms with Crippen LogP contribution in [0.3, 0.4) is 0 Å². The molecule has 2 aliphatic heterocycles. The van der Waals surface area contributed by atoms with Gasteiger partial charge in [-0.25, -0.2) is 0 Å². The van der Waals surface area contributed by atoms with E-state index in [0.717, 1.165) is 44.8 Å². The Kier molecular flexibility index (Phi) is 8.07.